The molecule has 0 aliphatic rings. The number of hydrogen-bond donors (Lipinski definition) is 0. The third-order valence-corrected chi connectivity index (χ3v) is 6.60. The van der Waals surface area contributed by atoms with E-state index in [0.29, 0.717) is 6.42 Å². The van der Waals surface area contributed by atoms with Crippen LogP contribution in [-0.4, -0.2) is 13.9 Å². The molecule has 0 saturated carbocycles. The fraction of sp³-hybridized carbons (Fsp3) is 0.500. The Balaban J connectivity index is 2.86. The molecule has 0 unspecified atom stereocenters. The molecule has 0 saturated heterocycles. The van der Waals surface area contributed by atoms with E-state index in [1.54, 1.807) is 6.26 Å². The van der Waals surface area contributed by atoms with Crippen LogP contribution in [0.15, 0.2) is 34.1 Å². The molecule has 0 aliphatic heterocycles. The van der Waals surface area contributed by atoms with Crippen molar-refractivity contribution >= 4 is 13.9 Å². The lowest BCUT2D eigenvalue weighted by atomic mass is 10.2. The van der Waals surface area contributed by atoms with E-state index < -0.39 is 8.07 Å². The second-order valence-electron chi connectivity index (χ2n) is 4.98. The molecule has 0 spiro atoms. The standard InChI is InChI=1S/C14H22O2Si/c1-5-12(15)10-14(6-2)17(3,4)11-13-8-7-9-16-13/h7-10H,5-6,11H2,1-4H3/b14-10-. The fourth-order valence-corrected chi connectivity index (χ4v) is 4.84. The van der Waals surface area contributed by atoms with Crippen molar-refractivity contribution in [3.63, 3.8) is 0 Å². The van der Waals surface area contributed by atoms with E-state index in [2.05, 4.69) is 20.0 Å². The lowest BCUT2D eigenvalue weighted by Crippen LogP contribution is -2.33. The molecule has 0 amide bonds. The highest BCUT2D eigenvalue weighted by molar-refractivity contribution is 6.83. The third kappa shape index (κ3) is 4.00. The summed E-state index contributed by atoms with van der Waals surface area (Å²) in [5.41, 5.74) is 0. The number of carbonyl (C=O) groups is 1. The molecular weight excluding hydrogens is 228 g/mol. The minimum Gasteiger partial charge on any atom is -0.470 e. The molecule has 0 N–H and O–H groups in total. The van der Waals surface area contributed by atoms with Gasteiger partial charge < -0.3 is 4.42 Å². The maximum atomic E-state index is 11.6. The van der Waals surface area contributed by atoms with Gasteiger partial charge in [-0.2, -0.15) is 0 Å². The molecule has 1 heterocycles. The van der Waals surface area contributed by atoms with Crippen molar-refractivity contribution in [1.29, 1.82) is 0 Å². The summed E-state index contributed by atoms with van der Waals surface area (Å²) in [5.74, 6) is 1.27. The average Bonchev–Trinajstić information content (AvgIpc) is 2.76. The summed E-state index contributed by atoms with van der Waals surface area (Å²) >= 11 is 0. The molecule has 0 aromatic carbocycles. The summed E-state index contributed by atoms with van der Waals surface area (Å²) in [7, 11) is -1.57. The monoisotopic (exact) mass is 250 g/mol. The minimum absolute atomic E-state index is 0.238. The van der Waals surface area contributed by atoms with Crippen molar-refractivity contribution in [2.45, 2.75) is 45.8 Å². The van der Waals surface area contributed by atoms with Gasteiger partial charge in [-0.05, 0) is 24.6 Å². The highest BCUT2D eigenvalue weighted by atomic mass is 28.3. The lowest BCUT2D eigenvalue weighted by Gasteiger charge is -2.24. The zero-order valence-corrected chi connectivity index (χ0v) is 12.2. The maximum Gasteiger partial charge on any atom is 0.154 e. The van der Waals surface area contributed by atoms with Gasteiger partial charge in [0.15, 0.2) is 5.78 Å². The van der Waals surface area contributed by atoms with Crippen LogP contribution < -0.4 is 0 Å². The van der Waals surface area contributed by atoms with Crippen molar-refractivity contribution in [1.82, 2.24) is 0 Å². The SMILES string of the molecule is CCC(=O)/C=C(/CC)[Si](C)(C)Cc1ccco1. The molecule has 0 fully saturated rings. The number of furan rings is 1. The summed E-state index contributed by atoms with van der Waals surface area (Å²) in [6, 6.07) is 4.91. The average molecular weight is 250 g/mol. The van der Waals surface area contributed by atoms with E-state index in [1.165, 1.54) is 5.20 Å². The zero-order chi connectivity index (χ0) is 12.9. The largest absolute Gasteiger partial charge is 0.470 e. The van der Waals surface area contributed by atoms with Gasteiger partial charge in [0.2, 0.25) is 0 Å². The quantitative estimate of drug-likeness (QED) is 0.566. The second-order valence-corrected chi connectivity index (χ2v) is 9.75. The van der Waals surface area contributed by atoms with E-state index in [0.717, 1.165) is 18.2 Å². The van der Waals surface area contributed by atoms with Gasteiger partial charge in [-0.3, -0.25) is 4.79 Å². The Bertz CT molecular complexity index is 388. The molecule has 3 heteroatoms. The Morgan fingerprint density at radius 3 is 2.53 bits per heavy atom. The minimum atomic E-state index is -1.57. The predicted molar refractivity (Wildman–Crippen MR) is 73.6 cm³/mol. The highest BCUT2D eigenvalue weighted by Crippen LogP contribution is 2.23. The first-order valence-electron chi connectivity index (χ1n) is 6.26. The third-order valence-electron chi connectivity index (χ3n) is 3.13. The van der Waals surface area contributed by atoms with Crippen LogP contribution in [0.25, 0.3) is 0 Å². The molecule has 1 rings (SSSR count). The number of allylic oxidation sites excluding steroid dienone is 2. The van der Waals surface area contributed by atoms with Gasteiger partial charge in [0, 0.05) is 12.5 Å². The molecule has 94 valence electrons. The summed E-state index contributed by atoms with van der Waals surface area (Å²) in [4.78, 5) is 11.6. The van der Waals surface area contributed by atoms with Crippen molar-refractivity contribution in [2.75, 3.05) is 0 Å². The Morgan fingerprint density at radius 2 is 2.06 bits per heavy atom. The molecule has 0 radical (unpaired) electrons. The topological polar surface area (TPSA) is 30.2 Å². The van der Waals surface area contributed by atoms with Gasteiger partial charge in [-0.1, -0.05) is 32.1 Å². The molecule has 0 atom stereocenters. The first-order valence-corrected chi connectivity index (χ1v) is 9.46. The van der Waals surface area contributed by atoms with Gasteiger partial charge in [0.1, 0.15) is 5.76 Å². The van der Waals surface area contributed by atoms with Crippen LogP contribution in [-0.2, 0) is 10.8 Å². The fourth-order valence-electron chi connectivity index (χ4n) is 2.03. The van der Waals surface area contributed by atoms with Crippen molar-refractivity contribution in [2.24, 2.45) is 0 Å². The van der Waals surface area contributed by atoms with Gasteiger partial charge >= 0.3 is 0 Å². The molecule has 1 aromatic heterocycles. The van der Waals surface area contributed by atoms with Gasteiger partial charge in [-0.25, -0.2) is 0 Å². The van der Waals surface area contributed by atoms with Crippen LogP contribution in [0, 0.1) is 0 Å². The number of hydrogen-bond acceptors (Lipinski definition) is 2. The van der Waals surface area contributed by atoms with Crippen molar-refractivity contribution < 1.29 is 9.21 Å². The van der Waals surface area contributed by atoms with Crippen LogP contribution in [0.5, 0.6) is 0 Å². The Hall–Kier alpha value is -1.09. The molecular formula is C14H22O2Si. The van der Waals surface area contributed by atoms with E-state index in [9.17, 15) is 4.79 Å². The van der Waals surface area contributed by atoms with Crippen LogP contribution >= 0.6 is 0 Å². The Morgan fingerprint density at radius 1 is 1.35 bits per heavy atom. The Kier molecular flexibility index (Phi) is 4.94. The summed E-state index contributed by atoms with van der Waals surface area (Å²) in [5, 5.41) is 1.33. The molecule has 1 aromatic rings. The van der Waals surface area contributed by atoms with Gasteiger partial charge in [-0.15, -0.1) is 0 Å². The summed E-state index contributed by atoms with van der Waals surface area (Å²) in [6.07, 6.45) is 5.14. The molecule has 0 bridgehead atoms. The first-order chi connectivity index (χ1) is 7.99. The molecule has 2 nitrogen and oxygen atoms in total. The maximum absolute atomic E-state index is 11.6. The molecule has 17 heavy (non-hydrogen) atoms. The lowest BCUT2D eigenvalue weighted by molar-refractivity contribution is -0.114. The van der Waals surface area contributed by atoms with Crippen LogP contribution in [0.2, 0.25) is 13.1 Å². The Labute approximate surface area is 105 Å². The van der Waals surface area contributed by atoms with E-state index >= 15 is 0 Å². The van der Waals surface area contributed by atoms with E-state index in [4.69, 9.17) is 4.42 Å². The van der Waals surface area contributed by atoms with E-state index in [-0.39, 0.29) is 5.78 Å². The number of carbonyl (C=O) groups excluding carboxylic acids is 1. The van der Waals surface area contributed by atoms with Crippen molar-refractivity contribution in [3.05, 3.63) is 35.4 Å². The van der Waals surface area contributed by atoms with Gasteiger partial charge in [0.05, 0.1) is 14.3 Å². The zero-order valence-electron chi connectivity index (χ0n) is 11.2. The van der Waals surface area contributed by atoms with Crippen molar-refractivity contribution in [3.8, 4) is 0 Å². The summed E-state index contributed by atoms with van der Waals surface area (Å²) < 4.78 is 5.42. The first kappa shape index (κ1) is 14.0. The van der Waals surface area contributed by atoms with E-state index in [1.807, 2.05) is 25.1 Å². The predicted octanol–water partition coefficient (Wildman–Crippen LogP) is 3.92. The van der Waals surface area contributed by atoms with Crippen LogP contribution in [0.4, 0.5) is 0 Å². The normalized spacial score (nSPS) is 12.8. The molecule has 0 aliphatic carbocycles. The van der Waals surface area contributed by atoms with Crippen LogP contribution in [0.1, 0.15) is 32.4 Å². The van der Waals surface area contributed by atoms with Gasteiger partial charge in [0.25, 0.3) is 0 Å². The number of rotatable bonds is 6. The number of ketones is 1. The highest BCUT2D eigenvalue weighted by Gasteiger charge is 2.26. The second kappa shape index (κ2) is 6.01. The smallest absolute Gasteiger partial charge is 0.154 e. The van der Waals surface area contributed by atoms with Crippen LogP contribution in [0.3, 0.4) is 0 Å². The summed E-state index contributed by atoms with van der Waals surface area (Å²) in [6.45, 7) is 8.64.